The number of carbonyl (C=O) groups is 1. The SMILES string of the molecule is Cc1ccccc1NC[C@]1(C)CC(=O)N(C)C(N)=N1. The molecule has 1 aromatic rings. The molecule has 2 rings (SSSR count). The van der Waals surface area contributed by atoms with Crippen LogP contribution in [0, 0.1) is 6.92 Å². The summed E-state index contributed by atoms with van der Waals surface area (Å²) in [7, 11) is 1.65. The van der Waals surface area contributed by atoms with Crippen LogP contribution in [0.5, 0.6) is 0 Å². The number of guanidine groups is 1. The fourth-order valence-electron chi connectivity index (χ4n) is 2.12. The van der Waals surface area contributed by atoms with E-state index in [4.69, 9.17) is 5.73 Å². The van der Waals surface area contributed by atoms with E-state index in [1.807, 2.05) is 38.1 Å². The van der Waals surface area contributed by atoms with E-state index in [9.17, 15) is 4.79 Å². The van der Waals surface area contributed by atoms with E-state index < -0.39 is 5.54 Å². The van der Waals surface area contributed by atoms with Crippen molar-refractivity contribution in [2.24, 2.45) is 10.7 Å². The molecule has 3 N–H and O–H groups in total. The van der Waals surface area contributed by atoms with E-state index in [0.29, 0.717) is 13.0 Å². The summed E-state index contributed by atoms with van der Waals surface area (Å²) in [6.45, 7) is 4.57. The molecule has 1 heterocycles. The highest BCUT2D eigenvalue weighted by atomic mass is 16.2. The number of nitrogens with two attached hydrogens (primary N) is 1. The fourth-order valence-corrected chi connectivity index (χ4v) is 2.12. The van der Waals surface area contributed by atoms with Crippen molar-refractivity contribution in [2.45, 2.75) is 25.8 Å². The second-order valence-electron chi connectivity index (χ2n) is 5.26. The molecule has 102 valence electrons. The van der Waals surface area contributed by atoms with E-state index in [1.165, 1.54) is 10.5 Å². The van der Waals surface area contributed by atoms with Crippen molar-refractivity contribution >= 4 is 17.6 Å². The first-order valence-electron chi connectivity index (χ1n) is 6.33. The first-order valence-corrected chi connectivity index (χ1v) is 6.33. The molecule has 0 bridgehead atoms. The van der Waals surface area contributed by atoms with E-state index >= 15 is 0 Å². The maximum atomic E-state index is 11.8. The number of rotatable bonds is 3. The Hall–Kier alpha value is -2.04. The minimum atomic E-state index is -0.490. The van der Waals surface area contributed by atoms with E-state index in [0.717, 1.165) is 5.69 Å². The van der Waals surface area contributed by atoms with Crippen LogP contribution in [-0.2, 0) is 4.79 Å². The van der Waals surface area contributed by atoms with Gasteiger partial charge >= 0.3 is 0 Å². The number of hydrogen-bond donors (Lipinski definition) is 2. The highest BCUT2D eigenvalue weighted by molar-refractivity contribution is 5.98. The highest BCUT2D eigenvalue weighted by Crippen LogP contribution is 2.23. The second-order valence-corrected chi connectivity index (χ2v) is 5.26. The van der Waals surface area contributed by atoms with Crippen molar-refractivity contribution in [1.82, 2.24) is 4.90 Å². The molecule has 0 aliphatic carbocycles. The summed E-state index contributed by atoms with van der Waals surface area (Å²) in [5.41, 5.74) is 7.51. The summed E-state index contributed by atoms with van der Waals surface area (Å²) in [5.74, 6) is 0.284. The summed E-state index contributed by atoms with van der Waals surface area (Å²) in [4.78, 5) is 17.7. The Kier molecular flexibility index (Phi) is 3.46. The highest BCUT2D eigenvalue weighted by Gasteiger charge is 2.34. The van der Waals surface area contributed by atoms with Crippen molar-refractivity contribution in [3.05, 3.63) is 29.8 Å². The molecule has 0 saturated heterocycles. The Balaban J connectivity index is 2.11. The smallest absolute Gasteiger partial charge is 0.231 e. The number of amides is 1. The maximum absolute atomic E-state index is 11.8. The average molecular weight is 260 g/mol. The maximum Gasteiger partial charge on any atom is 0.231 e. The molecular weight excluding hydrogens is 240 g/mol. The van der Waals surface area contributed by atoms with Gasteiger partial charge in [0.05, 0.1) is 12.0 Å². The number of aliphatic imine (C=N–C) groups is 1. The minimum Gasteiger partial charge on any atom is -0.382 e. The molecule has 1 aliphatic rings. The van der Waals surface area contributed by atoms with Gasteiger partial charge in [-0.1, -0.05) is 18.2 Å². The number of nitrogens with zero attached hydrogens (tertiary/aromatic N) is 2. The van der Waals surface area contributed by atoms with Gasteiger partial charge in [-0.25, -0.2) is 4.99 Å². The third kappa shape index (κ3) is 2.86. The Bertz CT molecular complexity index is 526. The summed E-state index contributed by atoms with van der Waals surface area (Å²) in [6, 6.07) is 8.04. The Morgan fingerprint density at radius 2 is 2.16 bits per heavy atom. The van der Waals surface area contributed by atoms with Crippen molar-refractivity contribution < 1.29 is 4.79 Å². The minimum absolute atomic E-state index is 0.00147. The van der Waals surface area contributed by atoms with Gasteiger partial charge in [0.25, 0.3) is 0 Å². The van der Waals surface area contributed by atoms with Crippen LogP contribution >= 0.6 is 0 Å². The van der Waals surface area contributed by atoms with Crippen molar-refractivity contribution in [3.63, 3.8) is 0 Å². The van der Waals surface area contributed by atoms with Gasteiger partial charge in [0.1, 0.15) is 0 Å². The quantitative estimate of drug-likeness (QED) is 0.861. The number of para-hydroxylation sites is 1. The molecule has 0 unspecified atom stereocenters. The molecular formula is C14H20N4O. The Morgan fingerprint density at radius 1 is 1.47 bits per heavy atom. The molecule has 1 atom stereocenters. The predicted molar refractivity (Wildman–Crippen MR) is 77.1 cm³/mol. The summed E-state index contributed by atoms with van der Waals surface area (Å²) < 4.78 is 0. The van der Waals surface area contributed by atoms with Gasteiger partial charge in [0, 0.05) is 19.3 Å². The normalized spacial score (nSPS) is 23.2. The largest absolute Gasteiger partial charge is 0.382 e. The van der Waals surface area contributed by atoms with Crippen LogP contribution < -0.4 is 11.1 Å². The monoisotopic (exact) mass is 260 g/mol. The third-order valence-electron chi connectivity index (χ3n) is 3.44. The molecule has 19 heavy (non-hydrogen) atoms. The zero-order chi connectivity index (χ0) is 14.0. The van der Waals surface area contributed by atoms with Crippen LogP contribution in [0.2, 0.25) is 0 Å². The van der Waals surface area contributed by atoms with Gasteiger partial charge < -0.3 is 11.1 Å². The van der Waals surface area contributed by atoms with Crippen LogP contribution in [0.25, 0.3) is 0 Å². The van der Waals surface area contributed by atoms with Crippen LogP contribution in [-0.4, -0.2) is 35.9 Å². The lowest BCUT2D eigenvalue weighted by Gasteiger charge is -2.33. The van der Waals surface area contributed by atoms with Gasteiger partial charge in [-0.05, 0) is 25.5 Å². The van der Waals surface area contributed by atoms with Gasteiger partial charge in [0.15, 0.2) is 5.96 Å². The van der Waals surface area contributed by atoms with Crippen molar-refractivity contribution in [1.29, 1.82) is 0 Å². The van der Waals surface area contributed by atoms with Crippen molar-refractivity contribution in [3.8, 4) is 0 Å². The molecule has 1 aliphatic heterocycles. The number of carbonyl (C=O) groups excluding carboxylic acids is 1. The van der Waals surface area contributed by atoms with Gasteiger partial charge in [-0.2, -0.15) is 0 Å². The number of hydrogen-bond acceptors (Lipinski definition) is 4. The average Bonchev–Trinajstić information content (AvgIpc) is 2.35. The zero-order valence-corrected chi connectivity index (χ0v) is 11.6. The lowest BCUT2D eigenvalue weighted by Crippen LogP contribution is -2.50. The van der Waals surface area contributed by atoms with Crippen molar-refractivity contribution in [2.75, 3.05) is 18.9 Å². The van der Waals surface area contributed by atoms with E-state index in [-0.39, 0.29) is 11.9 Å². The number of nitrogens with one attached hydrogen (secondary N) is 1. The molecule has 0 radical (unpaired) electrons. The topological polar surface area (TPSA) is 70.7 Å². The van der Waals surface area contributed by atoms with Crippen LogP contribution in [0.4, 0.5) is 5.69 Å². The number of anilines is 1. The van der Waals surface area contributed by atoms with Gasteiger partial charge in [-0.15, -0.1) is 0 Å². The molecule has 0 spiro atoms. The second kappa shape index (κ2) is 4.91. The summed E-state index contributed by atoms with van der Waals surface area (Å²) in [5, 5.41) is 3.35. The molecule has 5 heteroatoms. The fraction of sp³-hybridized carbons (Fsp3) is 0.429. The van der Waals surface area contributed by atoms with Gasteiger partial charge in [0.2, 0.25) is 5.91 Å². The van der Waals surface area contributed by atoms with Crippen LogP contribution in [0.3, 0.4) is 0 Å². The molecule has 0 aromatic heterocycles. The molecule has 1 aromatic carbocycles. The predicted octanol–water partition coefficient (Wildman–Crippen LogP) is 1.34. The standard InChI is InChI=1S/C14H20N4O/c1-10-6-4-5-7-11(10)16-9-14(2)8-12(19)18(3)13(15)17-14/h4-7,16H,8-9H2,1-3H3,(H2,15,17)/t14-/m0/s1. The first kappa shape index (κ1) is 13.4. The zero-order valence-electron chi connectivity index (χ0n) is 11.6. The van der Waals surface area contributed by atoms with Crippen LogP contribution in [0.1, 0.15) is 18.9 Å². The van der Waals surface area contributed by atoms with E-state index in [2.05, 4.69) is 10.3 Å². The Morgan fingerprint density at radius 3 is 2.79 bits per heavy atom. The third-order valence-corrected chi connectivity index (χ3v) is 3.44. The number of benzene rings is 1. The molecule has 1 amide bonds. The first-order chi connectivity index (χ1) is 8.91. The van der Waals surface area contributed by atoms with E-state index in [1.54, 1.807) is 7.05 Å². The van der Waals surface area contributed by atoms with Crippen LogP contribution in [0.15, 0.2) is 29.3 Å². The lowest BCUT2D eigenvalue weighted by molar-refractivity contribution is -0.128. The molecule has 0 saturated carbocycles. The van der Waals surface area contributed by atoms with Gasteiger partial charge in [-0.3, -0.25) is 9.69 Å². The number of aryl methyl sites for hydroxylation is 1. The molecule has 0 fully saturated rings. The summed E-state index contributed by atoms with van der Waals surface area (Å²) in [6.07, 6.45) is 0.364. The Labute approximate surface area is 113 Å². The lowest BCUT2D eigenvalue weighted by atomic mass is 9.96. The molecule has 5 nitrogen and oxygen atoms in total. The summed E-state index contributed by atoms with van der Waals surface area (Å²) >= 11 is 0.